The lowest BCUT2D eigenvalue weighted by Gasteiger charge is -2.13. The number of halogens is 3. The largest absolute Gasteiger partial charge is 0.480 e. The number of nitrogens with one attached hydrogen (secondary N) is 1. The Morgan fingerprint density at radius 2 is 2.00 bits per heavy atom. The number of rotatable bonds is 4. The minimum absolute atomic E-state index is 0.139. The molecule has 7 heteroatoms. The fraction of sp³-hybridized carbons (Fsp3) is 0.333. The summed E-state index contributed by atoms with van der Waals surface area (Å²) in [5.41, 5.74) is -1.18. The predicted molar refractivity (Wildman–Crippen MR) is 60.6 cm³/mol. The zero-order valence-corrected chi connectivity index (χ0v) is 9.99. The van der Waals surface area contributed by atoms with Gasteiger partial charge in [0.1, 0.15) is 6.04 Å². The van der Waals surface area contributed by atoms with Crippen molar-refractivity contribution in [2.45, 2.75) is 25.6 Å². The molecule has 1 aromatic rings. The van der Waals surface area contributed by atoms with E-state index in [1.165, 1.54) is 6.07 Å². The molecule has 104 valence electrons. The fourth-order valence-corrected chi connectivity index (χ4v) is 1.42. The van der Waals surface area contributed by atoms with Crippen LogP contribution in [0.5, 0.6) is 0 Å². The normalized spacial score (nSPS) is 12.8. The summed E-state index contributed by atoms with van der Waals surface area (Å²) in [6, 6.07) is 2.69. The minimum atomic E-state index is -4.55. The quantitative estimate of drug-likeness (QED) is 0.886. The van der Waals surface area contributed by atoms with Crippen LogP contribution in [0.25, 0.3) is 0 Å². The smallest absolute Gasteiger partial charge is 0.416 e. The third-order valence-corrected chi connectivity index (χ3v) is 2.46. The van der Waals surface area contributed by atoms with Gasteiger partial charge in [-0.05, 0) is 24.6 Å². The summed E-state index contributed by atoms with van der Waals surface area (Å²) >= 11 is 0. The van der Waals surface area contributed by atoms with Crippen molar-refractivity contribution in [2.75, 3.05) is 0 Å². The molecule has 2 N–H and O–H groups in total. The van der Waals surface area contributed by atoms with Crippen molar-refractivity contribution in [3.8, 4) is 0 Å². The van der Waals surface area contributed by atoms with E-state index >= 15 is 0 Å². The predicted octanol–water partition coefficient (Wildman–Crippen LogP) is 2.30. The zero-order valence-electron chi connectivity index (χ0n) is 9.99. The molecule has 1 amide bonds. The Bertz CT molecular complexity index is 485. The fourth-order valence-electron chi connectivity index (χ4n) is 1.42. The van der Waals surface area contributed by atoms with Crippen LogP contribution in [0.3, 0.4) is 0 Å². The maximum absolute atomic E-state index is 12.5. The number of carbonyl (C=O) groups is 2. The van der Waals surface area contributed by atoms with Gasteiger partial charge in [-0.1, -0.05) is 13.0 Å². The van der Waals surface area contributed by atoms with E-state index in [2.05, 4.69) is 5.32 Å². The van der Waals surface area contributed by atoms with Crippen LogP contribution in [-0.4, -0.2) is 23.0 Å². The Morgan fingerprint density at radius 1 is 1.37 bits per heavy atom. The number of benzene rings is 1. The van der Waals surface area contributed by atoms with Crippen LogP contribution in [0, 0.1) is 0 Å². The minimum Gasteiger partial charge on any atom is -0.480 e. The first kappa shape index (κ1) is 15.0. The van der Waals surface area contributed by atoms with E-state index in [0.717, 1.165) is 12.1 Å². The second kappa shape index (κ2) is 5.73. The highest BCUT2D eigenvalue weighted by Gasteiger charge is 2.31. The third kappa shape index (κ3) is 3.97. The summed E-state index contributed by atoms with van der Waals surface area (Å²) in [6.07, 6.45) is -4.41. The highest BCUT2D eigenvalue weighted by atomic mass is 19.4. The van der Waals surface area contributed by atoms with E-state index in [4.69, 9.17) is 5.11 Å². The first-order valence-corrected chi connectivity index (χ1v) is 5.46. The van der Waals surface area contributed by atoms with E-state index in [-0.39, 0.29) is 12.0 Å². The monoisotopic (exact) mass is 275 g/mol. The van der Waals surface area contributed by atoms with Gasteiger partial charge in [0.05, 0.1) is 5.56 Å². The Hall–Kier alpha value is -2.05. The van der Waals surface area contributed by atoms with Crippen LogP contribution < -0.4 is 5.32 Å². The van der Waals surface area contributed by atoms with E-state index in [1.807, 2.05) is 0 Å². The number of aliphatic carboxylic acids is 1. The van der Waals surface area contributed by atoms with E-state index < -0.39 is 29.7 Å². The molecule has 0 bridgehead atoms. The van der Waals surface area contributed by atoms with Gasteiger partial charge in [0.2, 0.25) is 0 Å². The summed E-state index contributed by atoms with van der Waals surface area (Å²) in [6.45, 7) is 1.55. The molecule has 1 rings (SSSR count). The van der Waals surface area contributed by atoms with Crippen LogP contribution in [0.15, 0.2) is 24.3 Å². The van der Waals surface area contributed by atoms with E-state index in [9.17, 15) is 22.8 Å². The van der Waals surface area contributed by atoms with Crippen LogP contribution in [0.4, 0.5) is 13.2 Å². The van der Waals surface area contributed by atoms with Gasteiger partial charge in [0.25, 0.3) is 5.91 Å². The summed E-state index contributed by atoms with van der Waals surface area (Å²) in [4.78, 5) is 22.4. The third-order valence-electron chi connectivity index (χ3n) is 2.46. The van der Waals surface area contributed by atoms with Crippen LogP contribution in [-0.2, 0) is 11.0 Å². The molecule has 4 nitrogen and oxygen atoms in total. The highest BCUT2D eigenvalue weighted by molar-refractivity contribution is 5.96. The van der Waals surface area contributed by atoms with Gasteiger partial charge in [0, 0.05) is 5.56 Å². The molecule has 0 aliphatic carbocycles. The molecular formula is C12H12F3NO3. The maximum Gasteiger partial charge on any atom is 0.416 e. The van der Waals surface area contributed by atoms with E-state index in [0.29, 0.717) is 6.07 Å². The molecule has 19 heavy (non-hydrogen) atoms. The Kier molecular flexibility index (Phi) is 4.52. The second-order valence-electron chi connectivity index (χ2n) is 3.85. The molecule has 0 aliphatic rings. The molecule has 0 saturated heterocycles. The molecule has 0 heterocycles. The number of alkyl halides is 3. The first-order valence-electron chi connectivity index (χ1n) is 5.46. The molecule has 1 atom stereocenters. The molecule has 1 aromatic carbocycles. The number of carbonyl (C=O) groups excluding carboxylic acids is 1. The Morgan fingerprint density at radius 3 is 2.47 bits per heavy atom. The molecule has 0 aliphatic heterocycles. The van der Waals surface area contributed by atoms with Crippen molar-refractivity contribution in [1.29, 1.82) is 0 Å². The average molecular weight is 275 g/mol. The zero-order chi connectivity index (χ0) is 14.6. The van der Waals surface area contributed by atoms with Gasteiger partial charge in [-0.3, -0.25) is 4.79 Å². The lowest BCUT2D eigenvalue weighted by atomic mass is 10.1. The van der Waals surface area contributed by atoms with Crippen molar-refractivity contribution in [3.63, 3.8) is 0 Å². The number of carboxylic acid groups (broad SMARTS) is 1. The van der Waals surface area contributed by atoms with Crippen LogP contribution >= 0.6 is 0 Å². The number of amides is 1. The molecule has 0 fully saturated rings. The lowest BCUT2D eigenvalue weighted by molar-refractivity contribution is -0.139. The molecule has 0 radical (unpaired) electrons. The molecule has 0 unspecified atom stereocenters. The Balaban J connectivity index is 2.92. The highest BCUT2D eigenvalue weighted by Crippen LogP contribution is 2.29. The first-order chi connectivity index (χ1) is 8.75. The average Bonchev–Trinajstić information content (AvgIpc) is 2.34. The van der Waals surface area contributed by atoms with Crippen LogP contribution in [0.2, 0.25) is 0 Å². The van der Waals surface area contributed by atoms with Gasteiger partial charge in [-0.25, -0.2) is 4.79 Å². The van der Waals surface area contributed by atoms with E-state index in [1.54, 1.807) is 6.92 Å². The summed E-state index contributed by atoms with van der Waals surface area (Å²) in [7, 11) is 0. The number of hydrogen-bond donors (Lipinski definition) is 2. The standard InChI is InChI=1S/C12H12F3NO3/c1-2-9(11(18)19)16-10(17)7-4-3-5-8(6-7)12(13,14)15/h3-6,9H,2H2,1H3,(H,16,17)(H,18,19)/t9-/m1/s1. The SMILES string of the molecule is CC[C@@H](NC(=O)c1cccc(C(F)(F)F)c1)C(=O)O. The molecule has 0 saturated carbocycles. The van der Waals surface area contributed by atoms with Gasteiger partial charge >= 0.3 is 12.1 Å². The second-order valence-corrected chi connectivity index (χ2v) is 3.85. The maximum atomic E-state index is 12.5. The van der Waals surface area contributed by atoms with Crippen molar-refractivity contribution >= 4 is 11.9 Å². The van der Waals surface area contributed by atoms with Gasteiger partial charge in [-0.15, -0.1) is 0 Å². The molecular weight excluding hydrogens is 263 g/mol. The van der Waals surface area contributed by atoms with Crippen molar-refractivity contribution in [3.05, 3.63) is 35.4 Å². The lowest BCUT2D eigenvalue weighted by Crippen LogP contribution is -2.40. The Labute approximate surface area is 107 Å². The number of hydrogen-bond acceptors (Lipinski definition) is 2. The van der Waals surface area contributed by atoms with Crippen LogP contribution in [0.1, 0.15) is 29.3 Å². The summed E-state index contributed by atoms with van der Waals surface area (Å²) < 4.78 is 37.4. The van der Waals surface area contributed by atoms with Gasteiger partial charge < -0.3 is 10.4 Å². The molecule has 0 aromatic heterocycles. The number of carboxylic acids is 1. The van der Waals surface area contributed by atoms with Crippen molar-refractivity contribution in [1.82, 2.24) is 5.32 Å². The topological polar surface area (TPSA) is 66.4 Å². The van der Waals surface area contributed by atoms with Crippen molar-refractivity contribution < 1.29 is 27.9 Å². The van der Waals surface area contributed by atoms with Gasteiger partial charge in [0.15, 0.2) is 0 Å². The van der Waals surface area contributed by atoms with Gasteiger partial charge in [-0.2, -0.15) is 13.2 Å². The van der Waals surface area contributed by atoms with Crippen molar-refractivity contribution in [2.24, 2.45) is 0 Å². The molecule has 0 spiro atoms. The summed E-state index contributed by atoms with van der Waals surface area (Å²) in [5.74, 6) is -2.08. The summed E-state index contributed by atoms with van der Waals surface area (Å²) in [5, 5.41) is 10.9.